The summed E-state index contributed by atoms with van der Waals surface area (Å²) in [5.41, 5.74) is 4.81. The fourth-order valence-electron chi connectivity index (χ4n) is 4.85. The third-order valence-electron chi connectivity index (χ3n) is 6.96. The van der Waals surface area contributed by atoms with Crippen LogP contribution >= 0.6 is 0 Å². The van der Waals surface area contributed by atoms with Gasteiger partial charge in [0.2, 0.25) is 0 Å². The summed E-state index contributed by atoms with van der Waals surface area (Å²) in [6.07, 6.45) is 0.217. The Morgan fingerprint density at radius 3 is 2.68 bits per heavy atom. The molecular weight excluding hydrogens is 485 g/mol. The number of halogens is 1. The normalized spacial score (nSPS) is 14.6. The summed E-state index contributed by atoms with van der Waals surface area (Å²) in [5.74, 6) is -0.777. The number of hydrogen-bond donors (Lipinski definition) is 3. The van der Waals surface area contributed by atoms with Gasteiger partial charge in [-0.25, -0.2) is 9.18 Å². The zero-order valence-electron chi connectivity index (χ0n) is 22.4. The molecular formula is C31H36FNO5. The second-order valence-electron chi connectivity index (χ2n) is 10.7. The Morgan fingerprint density at radius 2 is 1.95 bits per heavy atom. The molecule has 0 bridgehead atoms. The van der Waals surface area contributed by atoms with Crippen molar-refractivity contribution < 1.29 is 28.9 Å². The van der Waals surface area contributed by atoms with E-state index >= 15 is 0 Å². The van der Waals surface area contributed by atoms with Crippen molar-refractivity contribution >= 4 is 5.97 Å². The SMILES string of the molecule is Cc1ccc(CC(C)(C)NC[C@@H](O)CO[C@H](C)c2ccccc2-c2cc3c(c(C(=O)O)c2)OCC3)cc1F. The van der Waals surface area contributed by atoms with E-state index in [1.165, 1.54) is 0 Å². The summed E-state index contributed by atoms with van der Waals surface area (Å²) in [4.78, 5) is 11.8. The summed E-state index contributed by atoms with van der Waals surface area (Å²) >= 11 is 0. The van der Waals surface area contributed by atoms with Gasteiger partial charge in [0.1, 0.15) is 17.1 Å². The number of carboxylic acid groups (broad SMARTS) is 1. The number of aryl methyl sites for hydroxylation is 1. The van der Waals surface area contributed by atoms with Crippen LogP contribution in [-0.2, 0) is 17.6 Å². The molecule has 3 N–H and O–H groups in total. The molecule has 1 aliphatic rings. The van der Waals surface area contributed by atoms with Crippen LogP contribution in [0.5, 0.6) is 5.75 Å². The molecule has 7 heteroatoms. The van der Waals surface area contributed by atoms with E-state index in [4.69, 9.17) is 9.47 Å². The standard InChI is InChI=1S/C31H36FNO5/c1-19-9-10-21(13-28(19)32)16-31(3,4)33-17-24(34)18-38-20(2)25-7-5-6-8-26(25)23-14-22-11-12-37-29(22)27(15-23)30(35)36/h5-10,13-15,20,24,33-34H,11-12,16-18H2,1-4H3,(H,35,36)/t20-,24-/m1/s1. The molecule has 6 nitrogen and oxygen atoms in total. The van der Waals surface area contributed by atoms with Crippen LogP contribution in [0.4, 0.5) is 4.39 Å². The van der Waals surface area contributed by atoms with Gasteiger partial charge in [-0.1, -0.05) is 36.4 Å². The molecule has 1 heterocycles. The summed E-state index contributed by atoms with van der Waals surface area (Å²) in [6, 6.07) is 16.6. The van der Waals surface area contributed by atoms with Crippen molar-refractivity contribution in [1.82, 2.24) is 5.32 Å². The van der Waals surface area contributed by atoms with Crippen molar-refractivity contribution in [2.45, 2.75) is 58.3 Å². The van der Waals surface area contributed by atoms with Crippen LogP contribution in [0.3, 0.4) is 0 Å². The minimum Gasteiger partial charge on any atom is -0.492 e. The molecule has 0 saturated carbocycles. The number of nitrogens with one attached hydrogen (secondary N) is 1. The number of fused-ring (bicyclic) bond motifs is 1. The van der Waals surface area contributed by atoms with E-state index in [9.17, 15) is 19.4 Å². The Kier molecular flexibility index (Phi) is 8.51. The zero-order chi connectivity index (χ0) is 27.4. The first-order valence-corrected chi connectivity index (χ1v) is 13.0. The van der Waals surface area contributed by atoms with Gasteiger partial charge in [0.05, 0.1) is 25.4 Å². The van der Waals surface area contributed by atoms with E-state index in [2.05, 4.69) is 5.32 Å². The van der Waals surface area contributed by atoms with E-state index in [1.54, 1.807) is 25.1 Å². The summed E-state index contributed by atoms with van der Waals surface area (Å²) < 4.78 is 25.5. The van der Waals surface area contributed by atoms with E-state index in [0.717, 1.165) is 27.8 Å². The molecule has 0 aromatic heterocycles. The van der Waals surface area contributed by atoms with Gasteiger partial charge in [-0.2, -0.15) is 0 Å². The number of carboxylic acids is 1. The molecule has 0 fully saturated rings. The number of β-amino-alcohol motifs (C(OH)–C–C–N with tert-alkyl or cyclic N) is 1. The molecule has 4 rings (SSSR count). The van der Waals surface area contributed by atoms with Gasteiger partial charge in [-0.05, 0) is 85.7 Å². The lowest BCUT2D eigenvalue weighted by Gasteiger charge is -2.28. The highest BCUT2D eigenvalue weighted by Crippen LogP contribution is 2.37. The number of aliphatic hydroxyl groups is 1. The average Bonchev–Trinajstić information content (AvgIpc) is 3.36. The molecule has 0 aliphatic carbocycles. The van der Waals surface area contributed by atoms with Crippen molar-refractivity contribution in [3.05, 3.63) is 88.2 Å². The lowest BCUT2D eigenvalue weighted by molar-refractivity contribution is -0.00397. The molecule has 3 aromatic carbocycles. The van der Waals surface area contributed by atoms with Crippen LogP contribution in [0.25, 0.3) is 11.1 Å². The molecule has 202 valence electrons. The van der Waals surface area contributed by atoms with Crippen molar-refractivity contribution in [2.24, 2.45) is 0 Å². The van der Waals surface area contributed by atoms with Crippen LogP contribution in [0, 0.1) is 12.7 Å². The van der Waals surface area contributed by atoms with Gasteiger partial charge in [0, 0.05) is 18.5 Å². The maximum absolute atomic E-state index is 13.9. The molecule has 0 unspecified atom stereocenters. The predicted octanol–water partition coefficient (Wildman–Crippen LogP) is 5.48. The first-order chi connectivity index (χ1) is 18.0. The minimum atomic E-state index is -1.02. The number of rotatable bonds is 11. The van der Waals surface area contributed by atoms with Crippen LogP contribution in [0.2, 0.25) is 0 Å². The van der Waals surface area contributed by atoms with Crippen molar-refractivity contribution in [3.8, 4) is 16.9 Å². The second kappa shape index (κ2) is 11.6. The minimum absolute atomic E-state index is 0.121. The summed E-state index contributed by atoms with van der Waals surface area (Å²) in [5, 5.41) is 23.7. The maximum atomic E-state index is 13.9. The largest absolute Gasteiger partial charge is 0.492 e. The van der Waals surface area contributed by atoms with Gasteiger partial charge < -0.3 is 25.0 Å². The molecule has 0 radical (unpaired) electrons. The predicted molar refractivity (Wildman–Crippen MR) is 145 cm³/mol. The Morgan fingerprint density at radius 1 is 1.18 bits per heavy atom. The Bertz CT molecular complexity index is 1310. The third kappa shape index (κ3) is 6.59. The van der Waals surface area contributed by atoms with Crippen molar-refractivity contribution in [3.63, 3.8) is 0 Å². The smallest absolute Gasteiger partial charge is 0.339 e. The highest BCUT2D eigenvalue weighted by atomic mass is 19.1. The topological polar surface area (TPSA) is 88.0 Å². The Labute approximate surface area is 223 Å². The molecule has 0 spiro atoms. The highest BCUT2D eigenvalue weighted by molar-refractivity contribution is 5.94. The molecule has 38 heavy (non-hydrogen) atoms. The average molecular weight is 522 g/mol. The van der Waals surface area contributed by atoms with Gasteiger partial charge in [0.15, 0.2) is 0 Å². The summed E-state index contributed by atoms with van der Waals surface area (Å²) in [7, 11) is 0. The maximum Gasteiger partial charge on any atom is 0.339 e. The Hall–Kier alpha value is -3.26. The van der Waals surface area contributed by atoms with Crippen molar-refractivity contribution in [2.75, 3.05) is 19.8 Å². The van der Waals surface area contributed by atoms with E-state index in [1.807, 2.05) is 57.2 Å². The number of carbonyl (C=O) groups is 1. The van der Waals surface area contributed by atoms with Crippen LogP contribution < -0.4 is 10.1 Å². The van der Waals surface area contributed by atoms with Crippen LogP contribution in [-0.4, -0.2) is 47.6 Å². The quantitative estimate of drug-likeness (QED) is 0.310. The van der Waals surface area contributed by atoms with E-state index < -0.39 is 12.1 Å². The van der Waals surface area contributed by atoms with Gasteiger partial charge in [0.25, 0.3) is 0 Å². The first kappa shape index (κ1) is 27.8. The number of hydrogen-bond acceptors (Lipinski definition) is 5. The number of aromatic carboxylic acids is 1. The van der Waals surface area contributed by atoms with E-state index in [0.29, 0.717) is 37.3 Å². The van der Waals surface area contributed by atoms with Gasteiger partial charge >= 0.3 is 5.97 Å². The number of aliphatic hydroxyl groups excluding tert-OH is 1. The third-order valence-corrected chi connectivity index (χ3v) is 6.96. The fourth-order valence-corrected chi connectivity index (χ4v) is 4.85. The van der Waals surface area contributed by atoms with Crippen LogP contribution in [0.15, 0.2) is 54.6 Å². The lowest BCUT2D eigenvalue weighted by Crippen LogP contribution is -2.46. The second-order valence-corrected chi connectivity index (χ2v) is 10.7. The fraction of sp³-hybridized carbons (Fsp3) is 0.387. The highest BCUT2D eigenvalue weighted by Gasteiger charge is 2.24. The molecule has 2 atom stereocenters. The van der Waals surface area contributed by atoms with Gasteiger partial charge in [-0.15, -0.1) is 0 Å². The van der Waals surface area contributed by atoms with Gasteiger partial charge in [-0.3, -0.25) is 0 Å². The Balaban J connectivity index is 1.38. The lowest BCUT2D eigenvalue weighted by atomic mass is 9.93. The molecule has 1 aliphatic heterocycles. The molecule has 0 amide bonds. The summed E-state index contributed by atoms with van der Waals surface area (Å²) in [6.45, 7) is 8.62. The monoisotopic (exact) mass is 521 g/mol. The number of benzene rings is 3. The van der Waals surface area contributed by atoms with Crippen molar-refractivity contribution in [1.29, 1.82) is 0 Å². The van der Waals surface area contributed by atoms with E-state index in [-0.39, 0.29) is 29.6 Å². The first-order valence-electron chi connectivity index (χ1n) is 13.0. The van der Waals surface area contributed by atoms with Crippen LogP contribution in [0.1, 0.15) is 59.5 Å². The number of ether oxygens (including phenoxy) is 2. The molecule has 3 aromatic rings. The zero-order valence-corrected chi connectivity index (χ0v) is 22.4. The molecule has 0 saturated heterocycles.